The van der Waals surface area contributed by atoms with Crippen LogP contribution in [-0.2, 0) is 0 Å². The summed E-state index contributed by atoms with van der Waals surface area (Å²) in [6, 6.07) is 15.7. The molecule has 0 amide bonds. The molecule has 1 aromatic carbocycles. The van der Waals surface area contributed by atoms with Crippen molar-refractivity contribution < 1.29 is 0 Å². The third kappa shape index (κ3) is 3.81. The van der Waals surface area contributed by atoms with Crippen LogP contribution in [0.4, 0.5) is 17.3 Å². The average molecular weight is 414 g/mol. The molecule has 4 heterocycles. The number of nitrogens with zero attached hydrogens (tertiary/aromatic N) is 4. The molecule has 1 aliphatic rings. The summed E-state index contributed by atoms with van der Waals surface area (Å²) in [5, 5.41) is 21.4. The Bertz CT molecular complexity index is 1240. The molecule has 0 spiro atoms. The standard InChI is InChI=1S/C22H19N7S/c23-12-14-2-1-3-16(10-14)26-19-11-15(4-8-25-19)21-28-18-6-9-30-20(18)22(29-21)27-17-5-7-24-13-17/h1-4,6,8-11,17,24H,5,7,13H2,(H,25,26)(H,27,28,29). The second kappa shape index (κ2) is 8.06. The molecule has 3 aromatic heterocycles. The number of nitriles is 1. The van der Waals surface area contributed by atoms with E-state index in [0.29, 0.717) is 23.2 Å². The molecule has 5 rings (SSSR count). The summed E-state index contributed by atoms with van der Waals surface area (Å²) >= 11 is 1.65. The molecule has 1 unspecified atom stereocenters. The van der Waals surface area contributed by atoms with Gasteiger partial charge in [0.15, 0.2) is 5.82 Å². The number of pyridine rings is 1. The van der Waals surface area contributed by atoms with E-state index in [9.17, 15) is 0 Å². The quantitative estimate of drug-likeness (QED) is 0.452. The first-order chi connectivity index (χ1) is 14.8. The van der Waals surface area contributed by atoms with E-state index in [0.717, 1.165) is 46.8 Å². The molecule has 148 valence electrons. The van der Waals surface area contributed by atoms with Crippen LogP contribution in [0.5, 0.6) is 0 Å². The highest BCUT2D eigenvalue weighted by Crippen LogP contribution is 2.30. The van der Waals surface area contributed by atoms with Crippen molar-refractivity contribution in [3.8, 4) is 17.5 Å². The number of fused-ring (bicyclic) bond motifs is 1. The van der Waals surface area contributed by atoms with Gasteiger partial charge in [-0.15, -0.1) is 11.3 Å². The largest absolute Gasteiger partial charge is 0.365 e. The van der Waals surface area contributed by atoms with E-state index < -0.39 is 0 Å². The number of nitrogens with one attached hydrogen (secondary N) is 3. The van der Waals surface area contributed by atoms with Crippen molar-refractivity contribution in [3.63, 3.8) is 0 Å². The molecule has 7 nitrogen and oxygen atoms in total. The number of thiophene rings is 1. The molecule has 0 radical (unpaired) electrons. The van der Waals surface area contributed by atoms with Crippen molar-refractivity contribution in [1.82, 2.24) is 20.3 Å². The summed E-state index contributed by atoms with van der Waals surface area (Å²) in [7, 11) is 0. The fourth-order valence-corrected chi connectivity index (χ4v) is 4.30. The first-order valence-electron chi connectivity index (χ1n) is 9.74. The van der Waals surface area contributed by atoms with Crippen molar-refractivity contribution in [2.24, 2.45) is 0 Å². The third-order valence-corrected chi connectivity index (χ3v) is 5.90. The number of hydrogen-bond donors (Lipinski definition) is 3. The van der Waals surface area contributed by atoms with Gasteiger partial charge >= 0.3 is 0 Å². The number of rotatable bonds is 5. The van der Waals surface area contributed by atoms with Gasteiger partial charge in [0, 0.05) is 30.0 Å². The van der Waals surface area contributed by atoms with E-state index in [4.69, 9.17) is 15.2 Å². The van der Waals surface area contributed by atoms with Gasteiger partial charge in [-0.25, -0.2) is 15.0 Å². The van der Waals surface area contributed by atoms with Crippen LogP contribution in [0.3, 0.4) is 0 Å². The van der Waals surface area contributed by atoms with Crippen LogP contribution < -0.4 is 16.0 Å². The maximum atomic E-state index is 9.10. The normalized spacial score (nSPS) is 15.8. The number of anilines is 3. The fourth-order valence-electron chi connectivity index (χ4n) is 3.51. The lowest BCUT2D eigenvalue weighted by atomic mass is 10.2. The summed E-state index contributed by atoms with van der Waals surface area (Å²) in [5.41, 5.74) is 3.22. The van der Waals surface area contributed by atoms with E-state index in [1.165, 1.54) is 0 Å². The SMILES string of the molecule is N#Cc1cccc(Nc2cc(-c3nc(NC4CCNC4)c4sccc4n3)ccn2)c1. The third-order valence-electron chi connectivity index (χ3n) is 4.99. The molecule has 1 aliphatic heterocycles. The maximum Gasteiger partial charge on any atom is 0.162 e. The van der Waals surface area contributed by atoms with Crippen LogP contribution in [0.1, 0.15) is 12.0 Å². The molecule has 1 saturated heterocycles. The number of hydrogen-bond acceptors (Lipinski definition) is 8. The molecule has 30 heavy (non-hydrogen) atoms. The fraction of sp³-hybridized carbons (Fsp3) is 0.182. The van der Waals surface area contributed by atoms with Gasteiger partial charge in [-0.3, -0.25) is 0 Å². The van der Waals surface area contributed by atoms with Gasteiger partial charge in [-0.2, -0.15) is 5.26 Å². The lowest BCUT2D eigenvalue weighted by Gasteiger charge is -2.14. The van der Waals surface area contributed by atoms with Crippen LogP contribution in [0.2, 0.25) is 0 Å². The van der Waals surface area contributed by atoms with Crippen molar-refractivity contribution >= 4 is 38.9 Å². The predicted octanol–water partition coefficient (Wildman–Crippen LogP) is 4.14. The molecule has 1 atom stereocenters. The van der Waals surface area contributed by atoms with Gasteiger partial charge in [0.1, 0.15) is 11.6 Å². The van der Waals surface area contributed by atoms with Crippen molar-refractivity contribution in [3.05, 3.63) is 59.6 Å². The van der Waals surface area contributed by atoms with Crippen LogP contribution >= 0.6 is 11.3 Å². The summed E-state index contributed by atoms with van der Waals surface area (Å²) in [6.45, 7) is 1.97. The van der Waals surface area contributed by atoms with Crippen LogP contribution in [0, 0.1) is 11.3 Å². The Kier molecular flexibility index (Phi) is 4.97. The van der Waals surface area contributed by atoms with Gasteiger partial charge in [-0.1, -0.05) is 6.07 Å². The average Bonchev–Trinajstić information content (AvgIpc) is 3.46. The minimum absolute atomic E-state index is 0.375. The van der Waals surface area contributed by atoms with Crippen molar-refractivity contribution in [2.45, 2.75) is 12.5 Å². The Hall–Kier alpha value is -3.54. The number of aromatic nitrogens is 3. The smallest absolute Gasteiger partial charge is 0.162 e. The van der Waals surface area contributed by atoms with Gasteiger partial charge < -0.3 is 16.0 Å². The first-order valence-corrected chi connectivity index (χ1v) is 10.6. The molecule has 0 aliphatic carbocycles. The Morgan fingerprint density at radius 3 is 3.00 bits per heavy atom. The zero-order valence-electron chi connectivity index (χ0n) is 16.1. The minimum atomic E-state index is 0.375. The van der Waals surface area contributed by atoms with Gasteiger partial charge in [0.05, 0.1) is 21.8 Å². The van der Waals surface area contributed by atoms with Crippen LogP contribution in [0.25, 0.3) is 21.6 Å². The zero-order chi connectivity index (χ0) is 20.3. The van der Waals surface area contributed by atoms with Crippen LogP contribution in [-0.4, -0.2) is 34.1 Å². The van der Waals surface area contributed by atoms with E-state index in [1.807, 2.05) is 35.7 Å². The second-order valence-electron chi connectivity index (χ2n) is 7.11. The Labute approximate surface area is 177 Å². The highest BCUT2D eigenvalue weighted by atomic mass is 32.1. The monoisotopic (exact) mass is 413 g/mol. The van der Waals surface area contributed by atoms with E-state index in [-0.39, 0.29) is 0 Å². The highest BCUT2D eigenvalue weighted by Gasteiger charge is 2.18. The van der Waals surface area contributed by atoms with Gasteiger partial charge in [-0.05, 0) is 54.7 Å². The van der Waals surface area contributed by atoms with E-state index in [1.54, 1.807) is 29.7 Å². The van der Waals surface area contributed by atoms with Crippen molar-refractivity contribution in [1.29, 1.82) is 5.26 Å². The molecule has 4 aromatic rings. The lowest BCUT2D eigenvalue weighted by Crippen LogP contribution is -2.22. The Balaban J connectivity index is 1.47. The van der Waals surface area contributed by atoms with Gasteiger partial charge in [0.25, 0.3) is 0 Å². The summed E-state index contributed by atoms with van der Waals surface area (Å²) in [4.78, 5) is 14.0. The van der Waals surface area contributed by atoms with Crippen LogP contribution in [0.15, 0.2) is 54.0 Å². The van der Waals surface area contributed by atoms with E-state index in [2.05, 4.69) is 27.0 Å². The molecule has 3 N–H and O–H groups in total. The Morgan fingerprint density at radius 2 is 2.13 bits per heavy atom. The summed E-state index contributed by atoms with van der Waals surface area (Å²) < 4.78 is 1.08. The zero-order valence-corrected chi connectivity index (χ0v) is 16.9. The first kappa shape index (κ1) is 18.5. The second-order valence-corrected chi connectivity index (χ2v) is 8.03. The molecule has 0 saturated carbocycles. The number of benzene rings is 1. The summed E-state index contributed by atoms with van der Waals surface area (Å²) in [6.07, 6.45) is 2.82. The molecular formula is C22H19N7S. The predicted molar refractivity (Wildman–Crippen MR) is 120 cm³/mol. The van der Waals surface area contributed by atoms with Gasteiger partial charge in [0.2, 0.25) is 0 Å². The maximum absolute atomic E-state index is 9.10. The minimum Gasteiger partial charge on any atom is -0.365 e. The molecular weight excluding hydrogens is 394 g/mol. The highest BCUT2D eigenvalue weighted by molar-refractivity contribution is 7.17. The molecule has 1 fully saturated rings. The topological polar surface area (TPSA) is 98.5 Å². The van der Waals surface area contributed by atoms with E-state index >= 15 is 0 Å². The lowest BCUT2D eigenvalue weighted by molar-refractivity contribution is 0.789. The molecule has 0 bridgehead atoms. The van der Waals surface area contributed by atoms with Crippen molar-refractivity contribution in [2.75, 3.05) is 23.7 Å². The summed E-state index contributed by atoms with van der Waals surface area (Å²) in [5.74, 6) is 2.21. The molecule has 8 heteroatoms. The Morgan fingerprint density at radius 1 is 1.17 bits per heavy atom.